The number of carbonyl (C=O) groups excluding carboxylic acids is 1. The van der Waals surface area contributed by atoms with Gasteiger partial charge in [0, 0.05) is 57.9 Å². The van der Waals surface area contributed by atoms with Crippen molar-refractivity contribution in [1.82, 2.24) is 19.8 Å². The van der Waals surface area contributed by atoms with Crippen LogP contribution in [-0.2, 0) is 17.6 Å². The van der Waals surface area contributed by atoms with Crippen molar-refractivity contribution in [3.05, 3.63) is 17.5 Å². The Morgan fingerprint density at radius 1 is 1.07 bits per heavy atom. The maximum absolute atomic E-state index is 12.3. The van der Waals surface area contributed by atoms with Crippen molar-refractivity contribution in [2.75, 3.05) is 44.2 Å². The van der Waals surface area contributed by atoms with Crippen LogP contribution in [0.5, 0.6) is 0 Å². The predicted octanol–water partition coefficient (Wildman–Crippen LogP) is 2.49. The van der Waals surface area contributed by atoms with E-state index in [9.17, 15) is 4.79 Å². The number of aromatic nitrogens is 2. The van der Waals surface area contributed by atoms with Crippen molar-refractivity contribution in [3.8, 4) is 0 Å². The lowest BCUT2D eigenvalue weighted by molar-refractivity contribution is 0.0240. The van der Waals surface area contributed by atoms with Gasteiger partial charge in [-0.25, -0.2) is 14.8 Å². The summed E-state index contributed by atoms with van der Waals surface area (Å²) in [7, 11) is 0. The van der Waals surface area contributed by atoms with Gasteiger partial charge in [0.1, 0.15) is 5.60 Å². The average Bonchev–Trinajstić information content (AvgIpc) is 2.81. The van der Waals surface area contributed by atoms with Crippen LogP contribution >= 0.6 is 0 Å². The average molecular weight is 388 g/mol. The quantitative estimate of drug-likeness (QED) is 0.777. The number of amides is 1. The predicted molar refractivity (Wildman–Crippen MR) is 109 cm³/mol. The van der Waals surface area contributed by atoms with E-state index >= 15 is 0 Å². The van der Waals surface area contributed by atoms with Crippen LogP contribution in [0.3, 0.4) is 0 Å². The Kier molecular flexibility index (Phi) is 5.45. The normalized spacial score (nSPS) is 21.7. The molecule has 0 N–H and O–H groups in total. The molecule has 7 heteroatoms. The molecule has 154 valence electrons. The molecular weight excluding hydrogens is 354 g/mol. The summed E-state index contributed by atoms with van der Waals surface area (Å²) in [5, 5.41) is 0. The van der Waals surface area contributed by atoms with Gasteiger partial charge in [0.05, 0.1) is 5.69 Å². The van der Waals surface area contributed by atoms with Crippen molar-refractivity contribution in [1.29, 1.82) is 0 Å². The van der Waals surface area contributed by atoms with Crippen LogP contribution < -0.4 is 4.90 Å². The maximum Gasteiger partial charge on any atom is 0.410 e. The number of ether oxygens (including phenoxy) is 1. The molecule has 2 aliphatic heterocycles. The Hall–Kier alpha value is -1.89. The van der Waals surface area contributed by atoms with E-state index in [1.807, 2.05) is 27.0 Å². The third-order valence-electron chi connectivity index (χ3n) is 6.05. The van der Waals surface area contributed by atoms with Crippen molar-refractivity contribution >= 4 is 12.0 Å². The molecule has 1 saturated heterocycles. The third kappa shape index (κ3) is 4.40. The molecule has 0 bridgehead atoms. The first-order chi connectivity index (χ1) is 13.4. The Balaban J connectivity index is 1.35. The molecule has 28 heavy (non-hydrogen) atoms. The second-order valence-electron chi connectivity index (χ2n) is 9.22. The monoisotopic (exact) mass is 387 g/mol. The third-order valence-corrected chi connectivity index (χ3v) is 6.05. The Morgan fingerprint density at radius 3 is 2.43 bits per heavy atom. The molecule has 1 saturated carbocycles. The van der Waals surface area contributed by atoms with Gasteiger partial charge in [0.25, 0.3) is 0 Å². The first-order valence-electron chi connectivity index (χ1n) is 10.7. The fourth-order valence-corrected chi connectivity index (χ4v) is 4.17. The molecule has 2 fully saturated rings. The molecule has 0 aromatic carbocycles. The zero-order valence-corrected chi connectivity index (χ0v) is 17.5. The van der Waals surface area contributed by atoms with Gasteiger partial charge in [-0.15, -0.1) is 0 Å². The molecule has 1 aromatic heterocycles. The van der Waals surface area contributed by atoms with Crippen LogP contribution in [0.1, 0.15) is 51.3 Å². The Morgan fingerprint density at radius 2 is 1.79 bits per heavy atom. The molecule has 0 spiro atoms. The molecule has 4 rings (SSSR count). The zero-order chi connectivity index (χ0) is 19.7. The van der Waals surface area contributed by atoms with E-state index in [0.29, 0.717) is 13.1 Å². The van der Waals surface area contributed by atoms with Gasteiger partial charge < -0.3 is 14.5 Å². The molecule has 3 aliphatic rings. The summed E-state index contributed by atoms with van der Waals surface area (Å²) in [5.74, 6) is 0.805. The van der Waals surface area contributed by atoms with Crippen molar-refractivity contribution in [2.45, 2.75) is 64.5 Å². The number of hydrogen-bond donors (Lipinski definition) is 0. The van der Waals surface area contributed by atoms with Crippen LogP contribution in [-0.4, -0.2) is 76.8 Å². The van der Waals surface area contributed by atoms with E-state index < -0.39 is 5.60 Å². The standard InChI is InChI=1S/C21H33N5O2/c1-21(2,3)28-20(27)26-13-11-25(12-14-26)19-22-15-16-7-9-24(17-5-4-6-17)10-8-18(16)23-19/h15,17H,4-14H2,1-3H3. The van der Waals surface area contributed by atoms with Gasteiger partial charge in [0.15, 0.2) is 0 Å². The lowest BCUT2D eigenvalue weighted by Crippen LogP contribution is -2.50. The first kappa shape index (κ1) is 19.4. The summed E-state index contributed by atoms with van der Waals surface area (Å²) in [6.45, 7) is 10.7. The number of piperazine rings is 1. The molecule has 7 nitrogen and oxygen atoms in total. The lowest BCUT2D eigenvalue weighted by atomic mass is 9.91. The highest BCUT2D eigenvalue weighted by atomic mass is 16.6. The van der Waals surface area contributed by atoms with E-state index in [2.05, 4.69) is 14.8 Å². The van der Waals surface area contributed by atoms with E-state index in [0.717, 1.165) is 51.0 Å². The maximum atomic E-state index is 12.3. The van der Waals surface area contributed by atoms with Crippen LogP contribution in [0, 0.1) is 0 Å². The summed E-state index contributed by atoms with van der Waals surface area (Å²) in [6, 6.07) is 0.794. The number of nitrogens with zero attached hydrogens (tertiary/aromatic N) is 5. The van der Waals surface area contributed by atoms with Crippen LogP contribution in [0.2, 0.25) is 0 Å². The van der Waals surface area contributed by atoms with Gasteiger partial charge >= 0.3 is 6.09 Å². The second kappa shape index (κ2) is 7.85. The molecular formula is C21H33N5O2. The number of carbonyl (C=O) groups is 1. The van der Waals surface area contributed by atoms with Crippen molar-refractivity contribution < 1.29 is 9.53 Å². The molecule has 1 amide bonds. The summed E-state index contributed by atoms with van der Waals surface area (Å²) in [4.78, 5) is 28.4. The van der Waals surface area contributed by atoms with Gasteiger partial charge in [0.2, 0.25) is 5.95 Å². The Labute approximate surface area is 168 Å². The first-order valence-corrected chi connectivity index (χ1v) is 10.7. The molecule has 1 aliphatic carbocycles. The van der Waals surface area contributed by atoms with Crippen LogP contribution in [0.15, 0.2) is 6.20 Å². The number of hydrogen-bond acceptors (Lipinski definition) is 6. The summed E-state index contributed by atoms with van der Waals surface area (Å²) in [6.07, 6.45) is 7.96. The minimum Gasteiger partial charge on any atom is -0.444 e. The van der Waals surface area contributed by atoms with Crippen LogP contribution in [0.25, 0.3) is 0 Å². The number of anilines is 1. The fourth-order valence-electron chi connectivity index (χ4n) is 4.17. The topological polar surface area (TPSA) is 61.8 Å². The highest BCUT2D eigenvalue weighted by Crippen LogP contribution is 2.27. The molecule has 0 atom stereocenters. The summed E-state index contributed by atoms with van der Waals surface area (Å²) >= 11 is 0. The molecule has 0 unspecified atom stereocenters. The minimum atomic E-state index is -0.457. The summed E-state index contributed by atoms with van der Waals surface area (Å²) in [5.41, 5.74) is 2.06. The van der Waals surface area contributed by atoms with Gasteiger partial charge in [-0.05, 0) is 45.6 Å². The molecule has 1 aromatic rings. The van der Waals surface area contributed by atoms with Gasteiger partial charge in [-0.2, -0.15) is 0 Å². The van der Waals surface area contributed by atoms with Gasteiger partial charge in [-0.1, -0.05) is 6.42 Å². The van der Waals surface area contributed by atoms with Crippen molar-refractivity contribution in [3.63, 3.8) is 0 Å². The molecule has 0 radical (unpaired) electrons. The smallest absolute Gasteiger partial charge is 0.410 e. The van der Waals surface area contributed by atoms with E-state index in [1.54, 1.807) is 4.90 Å². The van der Waals surface area contributed by atoms with E-state index in [4.69, 9.17) is 9.72 Å². The fraction of sp³-hybridized carbons (Fsp3) is 0.762. The summed E-state index contributed by atoms with van der Waals surface area (Å²) < 4.78 is 5.48. The molecule has 3 heterocycles. The zero-order valence-electron chi connectivity index (χ0n) is 17.5. The largest absolute Gasteiger partial charge is 0.444 e. The van der Waals surface area contributed by atoms with Crippen LogP contribution in [0.4, 0.5) is 10.7 Å². The SMILES string of the molecule is CC(C)(C)OC(=O)N1CCN(c2ncc3c(n2)CCN(C2CCC2)CC3)CC1. The van der Waals surface area contributed by atoms with E-state index in [-0.39, 0.29) is 6.09 Å². The van der Waals surface area contributed by atoms with Gasteiger partial charge in [-0.3, -0.25) is 4.90 Å². The number of rotatable bonds is 2. The highest BCUT2D eigenvalue weighted by molar-refractivity contribution is 5.68. The number of fused-ring (bicyclic) bond motifs is 1. The Bertz CT molecular complexity index is 705. The highest BCUT2D eigenvalue weighted by Gasteiger charge is 2.29. The minimum absolute atomic E-state index is 0.230. The van der Waals surface area contributed by atoms with E-state index in [1.165, 1.54) is 30.5 Å². The van der Waals surface area contributed by atoms with Crippen molar-refractivity contribution in [2.24, 2.45) is 0 Å². The second-order valence-corrected chi connectivity index (χ2v) is 9.22. The lowest BCUT2D eigenvalue weighted by Gasteiger charge is -2.36.